The number of methoxy groups -OCH3 is 1. The molecule has 1 aromatic heterocycles. The molecule has 32 heavy (non-hydrogen) atoms. The van der Waals surface area contributed by atoms with E-state index in [0.717, 1.165) is 22.4 Å². The molecule has 162 valence electrons. The third kappa shape index (κ3) is 4.84. The number of carbonyl (C=O) groups excluding carboxylic acids is 1. The number of thioether (sulfide) groups is 1. The Bertz CT molecular complexity index is 1220. The third-order valence-corrected chi connectivity index (χ3v) is 6.04. The number of ether oxygens (including phenoxy) is 1. The number of hydrogen-bond acceptors (Lipinski definition) is 6. The molecule has 1 atom stereocenters. The highest BCUT2D eigenvalue weighted by Crippen LogP contribution is 2.38. The van der Waals surface area contributed by atoms with Crippen LogP contribution in [0.25, 0.3) is 11.5 Å². The second-order valence-electron chi connectivity index (χ2n) is 7.29. The van der Waals surface area contributed by atoms with Crippen LogP contribution in [0.3, 0.4) is 0 Å². The summed E-state index contributed by atoms with van der Waals surface area (Å²) in [7, 11) is 1.59. The van der Waals surface area contributed by atoms with Crippen LogP contribution < -0.4 is 10.1 Å². The number of amides is 1. The SMILES string of the molecule is COc1ccccc1-c1nnc(SC(C(=O)Nc2cc(C)ccc2C)c2ccccc2)o1. The predicted octanol–water partition coefficient (Wildman–Crippen LogP) is 5.83. The van der Waals surface area contributed by atoms with Gasteiger partial charge in [0.05, 0.1) is 12.7 Å². The Morgan fingerprint density at radius 2 is 1.75 bits per heavy atom. The largest absolute Gasteiger partial charge is 0.496 e. The van der Waals surface area contributed by atoms with Crippen molar-refractivity contribution >= 4 is 23.4 Å². The van der Waals surface area contributed by atoms with E-state index in [1.54, 1.807) is 7.11 Å². The lowest BCUT2D eigenvalue weighted by Crippen LogP contribution is -2.19. The summed E-state index contributed by atoms with van der Waals surface area (Å²) < 4.78 is 11.3. The van der Waals surface area contributed by atoms with Crippen molar-refractivity contribution in [2.45, 2.75) is 24.3 Å². The van der Waals surface area contributed by atoms with Crippen molar-refractivity contribution in [1.82, 2.24) is 10.2 Å². The predicted molar refractivity (Wildman–Crippen MR) is 126 cm³/mol. The van der Waals surface area contributed by atoms with Gasteiger partial charge in [-0.3, -0.25) is 4.79 Å². The third-order valence-electron chi connectivity index (χ3n) is 4.95. The molecule has 0 spiro atoms. The minimum absolute atomic E-state index is 0.160. The average molecular weight is 446 g/mol. The smallest absolute Gasteiger partial charge is 0.277 e. The van der Waals surface area contributed by atoms with Crippen LogP contribution in [0, 0.1) is 13.8 Å². The van der Waals surface area contributed by atoms with Gasteiger partial charge in [-0.2, -0.15) is 0 Å². The molecule has 7 heteroatoms. The Labute approximate surface area is 191 Å². The fraction of sp³-hybridized carbons (Fsp3) is 0.160. The zero-order chi connectivity index (χ0) is 22.5. The van der Waals surface area contributed by atoms with Crippen molar-refractivity contribution in [3.8, 4) is 17.2 Å². The van der Waals surface area contributed by atoms with Crippen LogP contribution in [0.5, 0.6) is 5.75 Å². The molecule has 0 aliphatic heterocycles. The second kappa shape index (κ2) is 9.70. The first kappa shape index (κ1) is 21.6. The fourth-order valence-electron chi connectivity index (χ4n) is 3.26. The van der Waals surface area contributed by atoms with E-state index in [1.807, 2.05) is 86.6 Å². The van der Waals surface area contributed by atoms with Gasteiger partial charge in [-0.15, -0.1) is 10.2 Å². The quantitative estimate of drug-likeness (QED) is 0.361. The van der Waals surface area contributed by atoms with Crippen molar-refractivity contribution in [3.63, 3.8) is 0 Å². The van der Waals surface area contributed by atoms with Gasteiger partial charge in [-0.05, 0) is 60.5 Å². The summed E-state index contributed by atoms with van der Waals surface area (Å²) in [5.74, 6) is 0.818. The Hall–Kier alpha value is -3.58. The highest BCUT2D eigenvalue weighted by Gasteiger charge is 2.26. The molecule has 1 unspecified atom stereocenters. The molecule has 6 nitrogen and oxygen atoms in total. The van der Waals surface area contributed by atoms with E-state index in [0.29, 0.717) is 22.4 Å². The van der Waals surface area contributed by atoms with Crippen molar-refractivity contribution < 1.29 is 13.9 Å². The summed E-state index contributed by atoms with van der Waals surface area (Å²) in [6.45, 7) is 3.97. The molecular weight excluding hydrogens is 422 g/mol. The van der Waals surface area contributed by atoms with E-state index in [2.05, 4.69) is 15.5 Å². The number of benzene rings is 3. The lowest BCUT2D eigenvalue weighted by molar-refractivity contribution is -0.115. The maximum atomic E-state index is 13.3. The van der Waals surface area contributed by atoms with Gasteiger partial charge in [-0.25, -0.2) is 0 Å². The number of nitrogens with zero attached hydrogens (tertiary/aromatic N) is 2. The van der Waals surface area contributed by atoms with Crippen LogP contribution >= 0.6 is 11.8 Å². The highest BCUT2D eigenvalue weighted by atomic mass is 32.2. The topological polar surface area (TPSA) is 77.2 Å². The number of nitrogens with one attached hydrogen (secondary N) is 1. The molecule has 0 saturated heterocycles. The van der Waals surface area contributed by atoms with Crippen LogP contribution in [-0.2, 0) is 4.79 Å². The molecule has 1 N–H and O–H groups in total. The summed E-state index contributed by atoms with van der Waals surface area (Å²) in [6, 6.07) is 23.0. The summed E-state index contributed by atoms with van der Waals surface area (Å²) >= 11 is 1.22. The van der Waals surface area contributed by atoms with Gasteiger partial charge in [0, 0.05) is 5.69 Å². The van der Waals surface area contributed by atoms with Crippen molar-refractivity contribution in [3.05, 3.63) is 89.5 Å². The standard InChI is InChI=1S/C25H23N3O3S/c1-16-13-14-17(2)20(15-16)26-23(29)22(18-9-5-4-6-10-18)32-25-28-27-24(31-25)19-11-7-8-12-21(19)30-3/h4-15,22H,1-3H3,(H,26,29). The fourth-order valence-corrected chi connectivity index (χ4v) is 4.13. The highest BCUT2D eigenvalue weighted by molar-refractivity contribution is 8.00. The second-order valence-corrected chi connectivity index (χ2v) is 8.35. The molecule has 0 aliphatic rings. The molecule has 0 bridgehead atoms. The Morgan fingerprint density at radius 1 is 1.00 bits per heavy atom. The monoisotopic (exact) mass is 445 g/mol. The molecular formula is C25H23N3O3S. The first-order valence-corrected chi connectivity index (χ1v) is 11.0. The normalized spacial score (nSPS) is 11.7. The molecule has 0 saturated carbocycles. The first-order valence-electron chi connectivity index (χ1n) is 10.1. The van der Waals surface area contributed by atoms with E-state index < -0.39 is 5.25 Å². The molecule has 1 heterocycles. The Kier molecular flexibility index (Phi) is 6.56. The molecule has 3 aromatic carbocycles. The van der Waals surface area contributed by atoms with Gasteiger partial charge >= 0.3 is 0 Å². The van der Waals surface area contributed by atoms with Gasteiger partial charge < -0.3 is 14.5 Å². The maximum absolute atomic E-state index is 13.3. The first-order chi connectivity index (χ1) is 15.5. The van der Waals surface area contributed by atoms with E-state index in [9.17, 15) is 4.79 Å². The summed E-state index contributed by atoms with van der Waals surface area (Å²) in [5.41, 5.74) is 4.41. The number of hydrogen-bond donors (Lipinski definition) is 1. The number of anilines is 1. The number of aromatic nitrogens is 2. The number of carbonyl (C=O) groups is 1. The number of rotatable bonds is 7. The zero-order valence-corrected chi connectivity index (χ0v) is 18.8. The minimum atomic E-state index is -0.568. The van der Waals surface area contributed by atoms with Gasteiger partial charge in [0.25, 0.3) is 11.1 Å². The van der Waals surface area contributed by atoms with Crippen molar-refractivity contribution in [1.29, 1.82) is 0 Å². The lowest BCUT2D eigenvalue weighted by Gasteiger charge is -2.16. The van der Waals surface area contributed by atoms with E-state index >= 15 is 0 Å². The average Bonchev–Trinajstić information content (AvgIpc) is 3.29. The van der Waals surface area contributed by atoms with E-state index in [1.165, 1.54) is 11.8 Å². The minimum Gasteiger partial charge on any atom is -0.496 e. The number of para-hydroxylation sites is 1. The van der Waals surface area contributed by atoms with E-state index in [-0.39, 0.29) is 5.91 Å². The number of aryl methyl sites for hydroxylation is 2. The van der Waals surface area contributed by atoms with Crippen LogP contribution in [0.4, 0.5) is 5.69 Å². The van der Waals surface area contributed by atoms with Gasteiger partial charge in [0.1, 0.15) is 11.0 Å². The van der Waals surface area contributed by atoms with Gasteiger partial charge in [0.15, 0.2) is 0 Å². The Balaban J connectivity index is 1.62. The van der Waals surface area contributed by atoms with Crippen LogP contribution in [0.2, 0.25) is 0 Å². The van der Waals surface area contributed by atoms with E-state index in [4.69, 9.17) is 9.15 Å². The molecule has 0 fully saturated rings. The Morgan fingerprint density at radius 3 is 2.53 bits per heavy atom. The molecule has 4 aromatic rings. The summed E-state index contributed by atoms with van der Waals surface area (Å²) in [4.78, 5) is 13.3. The zero-order valence-electron chi connectivity index (χ0n) is 18.0. The maximum Gasteiger partial charge on any atom is 0.277 e. The molecule has 0 radical (unpaired) electrons. The summed E-state index contributed by atoms with van der Waals surface area (Å²) in [5, 5.41) is 11.1. The molecule has 4 rings (SSSR count). The summed E-state index contributed by atoms with van der Waals surface area (Å²) in [6.07, 6.45) is 0. The van der Waals surface area contributed by atoms with Gasteiger partial charge in [-0.1, -0.05) is 54.6 Å². The van der Waals surface area contributed by atoms with Crippen molar-refractivity contribution in [2.24, 2.45) is 0 Å². The van der Waals surface area contributed by atoms with Gasteiger partial charge in [0.2, 0.25) is 5.91 Å². The molecule has 1 amide bonds. The van der Waals surface area contributed by atoms with Crippen LogP contribution in [0.1, 0.15) is 21.9 Å². The van der Waals surface area contributed by atoms with Crippen LogP contribution in [0.15, 0.2) is 82.4 Å². The van der Waals surface area contributed by atoms with Crippen molar-refractivity contribution in [2.75, 3.05) is 12.4 Å². The van der Waals surface area contributed by atoms with Crippen LogP contribution in [-0.4, -0.2) is 23.2 Å². The molecule has 0 aliphatic carbocycles. The lowest BCUT2D eigenvalue weighted by atomic mass is 10.1.